The van der Waals surface area contributed by atoms with Crippen molar-refractivity contribution in [3.8, 4) is 0 Å². The lowest BCUT2D eigenvalue weighted by atomic mass is 10.2. The number of esters is 1. The number of anilines is 2. The SMILES string of the molecule is COC(=O)c1cc2ccc(Nc3nc(Cl)ncc3F)cc2[nH]1. The van der Waals surface area contributed by atoms with Crippen molar-refractivity contribution >= 4 is 40.0 Å². The van der Waals surface area contributed by atoms with Crippen LogP contribution in [0.25, 0.3) is 10.9 Å². The average Bonchev–Trinajstić information content (AvgIpc) is 2.93. The van der Waals surface area contributed by atoms with Gasteiger partial charge in [-0.25, -0.2) is 14.2 Å². The Kier molecular flexibility index (Phi) is 3.64. The Labute approximate surface area is 129 Å². The number of methoxy groups -OCH3 is 1. The summed E-state index contributed by atoms with van der Waals surface area (Å²) >= 11 is 5.65. The first-order valence-corrected chi connectivity index (χ1v) is 6.61. The summed E-state index contributed by atoms with van der Waals surface area (Å²) in [6.07, 6.45) is 0.986. The molecule has 2 N–H and O–H groups in total. The van der Waals surface area contributed by atoms with E-state index in [-0.39, 0.29) is 11.1 Å². The molecule has 0 aliphatic rings. The molecule has 2 heterocycles. The van der Waals surface area contributed by atoms with Gasteiger partial charge in [-0.05, 0) is 29.8 Å². The Hall–Kier alpha value is -2.67. The van der Waals surface area contributed by atoms with Crippen LogP contribution in [-0.4, -0.2) is 28.0 Å². The molecule has 0 saturated carbocycles. The zero-order valence-electron chi connectivity index (χ0n) is 11.4. The van der Waals surface area contributed by atoms with Crippen molar-refractivity contribution < 1.29 is 13.9 Å². The number of hydrogen-bond acceptors (Lipinski definition) is 5. The third-order valence-corrected chi connectivity index (χ3v) is 3.19. The lowest BCUT2D eigenvalue weighted by Gasteiger charge is -2.06. The second kappa shape index (κ2) is 5.61. The van der Waals surface area contributed by atoms with Crippen LogP contribution in [-0.2, 0) is 4.74 Å². The van der Waals surface area contributed by atoms with Gasteiger partial charge in [-0.1, -0.05) is 6.07 Å². The highest BCUT2D eigenvalue weighted by molar-refractivity contribution is 6.28. The van der Waals surface area contributed by atoms with Crippen LogP contribution in [0.2, 0.25) is 5.28 Å². The van der Waals surface area contributed by atoms with E-state index in [4.69, 9.17) is 11.6 Å². The van der Waals surface area contributed by atoms with Crippen LogP contribution in [0.4, 0.5) is 15.9 Å². The Bertz CT molecular complexity index is 865. The summed E-state index contributed by atoms with van der Waals surface area (Å²) in [6, 6.07) is 6.90. The average molecular weight is 321 g/mol. The van der Waals surface area contributed by atoms with E-state index in [0.717, 1.165) is 11.6 Å². The number of benzene rings is 1. The van der Waals surface area contributed by atoms with Crippen LogP contribution in [0.1, 0.15) is 10.5 Å². The predicted molar refractivity (Wildman–Crippen MR) is 79.9 cm³/mol. The second-order valence-corrected chi connectivity index (χ2v) is 4.78. The van der Waals surface area contributed by atoms with Gasteiger partial charge in [0, 0.05) is 16.6 Å². The lowest BCUT2D eigenvalue weighted by molar-refractivity contribution is 0.0595. The summed E-state index contributed by atoms with van der Waals surface area (Å²) in [5, 5.41) is 3.58. The summed E-state index contributed by atoms with van der Waals surface area (Å²) in [6.45, 7) is 0. The van der Waals surface area contributed by atoms with Crippen molar-refractivity contribution in [1.82, 2.24) is 15.0 Å². The van der Waals surface area contributed by atoms with Gasteiger partial charge in [0.1, 0.15) is 5.69 Å². The van der Waals surface area contributed by atoms with E-state index in [1.54, 1.807) is 24.3 Å². The molecular formula is C14H10ClFN4O2. The number of fused-ring (bicyclic) bond motifs is 1. The zero-order valence-corrected chi connectivity index (χ0v) is 12.1. The smallest absolute Gasteiger partial charge is 0.354 e. The largest absolute Gasteiger partial charge is 0.464 e. The molecule has 3 aromatic rings. The first kappa shape index (κ1) is 14.3. The van der Waals surface area contributed by atoms with Gasteiger partial charge in [0.2, 0.25) is 5.28 Å². The molecular weight excluding hydrogens is 311 g/mol. The third-order valence-electron chi connectivity index (χ3n) is 3.01. The minimum absolute atomic E-state index is 0.0286. The van der Waals surface area contributed by atoms with E-state index in [1.165, 1.54) is 7.11 Å². The number of ether oxygens (including phenoxy) is 1. The first-order valence-electron chi connectivity index (χ1n) is 6.23. The normalized spacial score (nSPS) is 10.7. The number of carbonyl (C=O) groups is 1. The number of nitrogens with zero attached hydrogens (tertiary/aromatic N) is 2. The molecule has 3 rings (SSSR count). The molecule has 22 heavy (non-hydrogen) atoms. The maximum Gasteiger partial charge on any atom is 0.354 e. The number of hydrogen-bond donors (Lipinski definition) is 2. The van der Waals surface area contributed by atoms with Crippen LogP contribution in [0.15, 0.2) is 30.5 Å². The van der Waals surface area contributed by atoms with E-state index in [9.17, 15) is 9.18 Å². The minimum atomic E-state index is -0.619. The highest BCUT2D eigenvalue weighted by atomic mass is 35.5. The highest BCUT2D eigenvalue weighted by Gasteiger charge is 2.11. The molecule has 0 saturated heterocycles. The van der Waals surface area contributed by atoms with E-state index in [0.29, 0.717) is 16.9 Å². The molecule has 6 nitrogen and oxygen atoms in total. The molecule has 0 radical (unpaired) electrons. The van der Waals surface area contributed by atoms with E-state index in [2.05, 4.69) is 25.0 Å². The summed E-state index contributed by atoms with van der Waals surface area (Å²) in [5.74, 6) is -1.11. The van der Waals surface area contributed by atoms with E-state index in [1.807, 2.05) is 0 Å². The number of aromatic amines is 1. The Balaban J connectivity index is 1.94. The van der Waals surface area contributed by atoms with Gasteiger partial charge in [0.25, 0.3) is 0 Å². The minimum Gasteiger partial charge on any atom is -0.464 e. The van der Waals surface area contributed by atoms with Crippen molar-refractivity contribution in [2.45, 2.75) is 0 Å². The molecule has 0 atom stereocenters. The molecule has 112 valence electrons. The first-order chi connectivity index (χ1) is 10.6. The van der Waals surface area contributed by atoms with Gasteiger partial charge in [-0.3, -0.25) is 0 Å². The molecule has 0 aliphatic heterocycles. The van der Waals surface area contributed by atoms with Crippen molar-refractivity contribution in [2.75, 3.05) is 12.4 Å². The summed E-state index contributed by atoms with van der Waals surface area (Å²) < 4.78 is 18.3. The number of nitrogens with one attached hydrogen (secondary N) is 2. The molecule has 0 unspecified atom stereocenters. The van der Waals surface area contributed by atoms with Crippen molar-refractivity contribution in [3.63, 3.8) is 0 Å². The van der Waals surface area contributed by atoms with E-state index < -0.39 is 11.8 Å². The Morgan fingerprint density at radius 1 is 1.41 bits per heavy atom. The fourth-order valence-corrected chi connectivity index (χ4v) is 2.13. The van der Waals surface area contributed by atoms with Crippen molar-refractivity contribution in [1.29, 1.82) is 0 Å². The molecule has 0 spiro atoms. The zero-order chi connectivity index (χ0) is 15.7. The van der Waals surface area contributed by atoms with Gasteiger partial charge in [0.05, 0.1) is 13.3 Å². The monoisotopic (exact) mass is 320 g/mol. The third kappa shape index (κ3) is 2.71. The number of H-pyrrole nitrogens is 1. The Morgan fingerprint density at radius 3 is 3.00 bits per heavy atom. The van der Waals surface area contributed by atoms with Crippen LogP contribution in [0.3, 0.4) is 0 Å². The van der Waals surface area contributed by atoms with Gasteiger partial charge in [-0.2, -0.15) is 4.98 Å². The molecule has 0 aliphatic carbocycles. The fourth-order valence-electron chi connectivity index (χ4n) is 1.99. The molecule has 0 fully saturated rings. The van der Waals surface area contributed by atoms with Crippen molar-refractivity contribution in [3.05, 3.63) is 47.3 Å². The molecule has 0 amide bonds. The quantitative estimate of drug-likeness (QED) is 0.572. The van der Waals surface area contributed by atoms with Gasteiger partial charge in [0.15, 0.2) is 11.6 Å². The Morgan fingerprint density at radius 2 is 2.23 bits per heavy atom. The lowest BCUT2D eigenvalue weighted by Crippen LogP contribution is -2.00. The van der Waals surface area contributed by atoms with Crippen LogP contribution >= 0.6 is 11.6 Å². The maximum atomic E-state index is 13.6. The summed E-state index contributed by atoms with van der Waals surface area (Å²) in [7, 11) is 1.31. The van der Waals surface area contributed by atoms with Crippen LogP contribution in [0.5, 0.6) is 0 Å². The molecule has 1 aromatic carbocycles. The molecule has 8 heteroatoms. The molecule has 0 bridgehead atoms. The standard InChI is InChI=1S/C14H10ClFN4O2/c1-22-13(21)11-4-7-2-3-8(5-10(7)19-11)18-12-9(16)6-17-14(15)20-12/h2-6,19H,1H3,(H,17,18,20). The van der Waals surface area contributed by atoms with Gasteiger partial charge >= 0.3 is 5.97 Å². The van der Waals surface area contributed by atoms with Crippen LogP contribution < -0.4 is 5.32 Å². The van der Waals surface area contributed by atoms with Gasteiger partial charge in [-0.15, -0.1) is 0 Å². The molecule has 2 aromatic heterocycles. The number of rotatable bonds is 3. The van der Waals surface area contributed by atoms with Crippen LogP contribution in [0, 0.1) is 5.82 Å². The second-order valence-electron chi connectivity index (χ2n) is 4.44. The number of halogens is 2. The van der Waals surface area contributed by atoms with Crippen molar-refractivity contribution in [2.24, 2.45) is 0 Å². The summed E-state index contributed by atoms with van der Waals surface area (Å²) in [4.78, 5) is 21.7. The number of carbonyl (C=O) groups excluding carboxylic acids is 1. The number of aromatic nitrogens is 3. The summed E-state index contributed by atoms with van der Waals surface area (Å²) in [5.41, 5.74) is 1.62. The fraction of sp³-hybridized carbons (Fsp3) is 0.0714. The van der Waals surface area contributed by atoms with Gasteiger partial charge < -0.3 is 15.0 Å². The highest BCUT2D eigenvalue weighted by Crippen LogP contribution is 2.24. The van der Waals surface area contributed by atoms with E-state index >= 15 is 0 Å². The predicted octanol–water partition coefficient (Wildman–Crippen LogP) is 3.28. The topological polar surface area (TPSA) is 79.9 Å². The maximum absolute atomic E-state index is 13.6.